The molecule has 0 aromatic heterocycles. The lowest BCUT2D eigenvalue weighted by Crippen LogP contribution is -2.02. The lowest BCUT2D eigenvalue weighted by Gasteiger charge is -2.17. The Morgan fingerprint density at radius 2 is 1.36 bits per heavy atom. The van der Waals surface area contributed by atoms with Crippen LogP contribution in [0.5, 0.6) is 5.75 Å². The molecule has 2 aromatic carbocycles. The van der Waals surface area contributed by atoms with Gasteiger partial charge in [0.2, 0.25) is 0 Å². The molecule has 2 rings (SSSR count). The summed E-state index contributed by atoms with van der Waals surface area (Å²) >= 11 is 0. The lowest BCUT2D eigenvalue weighted by molar-refractivity contribution is 0.103. The zero-order valence-electron chi connectivity index (χ0n) is 14.7. The standard InChI is InChI=1S/C19H23O5P/c1-4-23-25(21,24-5-2)14-15-6-8-16(9-7-15)19(20)17-10-12-18(22-3)13-11-17/h6-13H,4-5,14H2,1-3H3. The highest BCUT2D eigenvalue weighted by Crippen LogP contribution is 2.51. The molecule has 0 amide bonds. The largest absolute Gasteiger partial charge is 0.497 e. The molecule has 0 bridgehead atoms. The Kier molecular flexibility index (Phi) is 6.94. The Bertz CT molecular complexity index is 727. The molecule has 0 spiro atoms. The first-order valence-corrected chi connectivity index (χ1v) is 9.90. The van der Waals surface area contributed by atoms with Crippen LogP contribution in [0.1, 0.15) is 35.3 Å². The predicted octanol–water partition coefficient (Wildman–Crippen LogP) is 4.69. The smallest absolute Gasteiger partial charge is 0.335 e. The Morgan fingerprint density at radius 3 is 1.80 bits per heavy atom. The third-order valence-corrected chi connectivity index (χ3v) is 5.65. The third kappa shape index (κ3) is 5.27. The van der Waals surface area contributed by atoms with Crippen LogP contribution in [0, 0.1) is 0 Å². The number of benzene rings is 2. The molecule has 0 N–H and O–H groups in total. The van der Waals surface area contributed by atoms with E-state index < -0.39 is 7.60 Å². The van der Waals surface area contributed by atoms with Gasteiger partial charge in [-0.25, -0.2) is 0 Å². The first-order chi connectivity index (χ1) is 12.0. The minimum atomic E-state index is -3.15. The van der Waals surface area contributed by atoms with Gasteiger partial charge >= 0.3 is 7.60 Å². The van der Waals surface area contributed by atoms with Crippen LogP contribution in [0.25, 0.3) is 0 Å². The van der Waals surface area contributed by atoms with E-state index >= 15 is 0 Å². The summed E-state index contributed by atoms with van der Waals surface area (Å²) in [6.07, 6.45) is 0.186. The van der Waals surface area contributed by atoms with Crippen LogP contribution in [0.15, 0.2) is 48.5 Å². The zero-order valence-corrected chi connectivity index (χ0v) is 15.6. The van der Waals surface area contributed by atoms with Gasteiger partial charge in [0.1, 0.15) is 5.75 Å². The maximum atomic E-state index is 12.6. The van der Waals surface area contributed by atoms with Gasteiger partial charge in [-0.3, -0.25) is 9.36 Å². The fourth-order valence-electron chi connectivity index (χ4n) is 2.42. The second-order valence-corrected chi connectivity index (χ2v) is 7.41. The molecule has 0 fully saturated rings. The highest BCUT2D eigenvalue weighted by Gasteiger charge is 2.24. The number of ketones is 1. The van der Waals surface area contributed by atoms with E-state index in [0.717, 1.165) is 5.56 Å². The molecule has 134 valence electrons. The molecule has 6 heteroatoms. The van der Waals surface area contributed by atoms with E-state index in [-0.39, 0.29) is 11.9 Å². The maximum absolute atomic E-state index is 12.6. The molecule has 0 aliphatic heterocycles. The van der Waals surface area contributed by atoms with Gasteiger partial charge in [0, 0.05) is 11.1 Å². The number of hydrogen-bond acceptors (Lipinski definition) is 5. The van der Waals surface area contributed by atoms with Crippen molar-refractivity contribution >= 4 is 13.4 Å². The quantitative estimate of drug-likeness (QED) is 0.478. The van der Waals surface area contributed by atoms with Crippen LogP contribution in [-0.2, 0) is 19.8 Å². The number of ether oxygens (including phenoxy) is 1. The van der Waals surface area contributed by atoms with Crippen molar-refractivity contribution < 1.29 is 23.1 Å². The van der Waals surface area contributed by atoms with E-state index in [0.29, 0.717) is 30.1 Å². The first-order valence-electron chi connectivity index (χ1n) is 8.17. The second kappa shape index (κ2) is 8.95. The Labute approximate surface area is 148 Å². The van der Waals surface area contributed by atoms with Crippen LogP contribution in [-0.4, -0.2) is 26.1 Å². The number of rotatable bonds is 9. The fraction of sp³-hybridized carbons (Fsp3) is 0.316. The molecule has 0 atom stereocenters. The van der Waals surface area contributed by atoms with Gasteiger partial charge in [0.15, 0.2) is 5.78 Å². The summed E-state index contributed by atoms with van der Waals surface area (Å²) in [5, 5.41) is 0. The summed E-state index contributed by atoms with van der Waals surface area (Å²) in [6.45, 7) is 4.21. The van der Waals surface area contributed by atoms with Crippen LogP contribution in [0.3, 0.4) is 0 Å². The highest BCUT2D eigenvalue weighted by molar-refractivity contribution is 7.53. The monoisotopic (exact) mass is 362 g/mol. The van der Waals surface area contributed by atoms with Crippen molar-refractivity contribution in [2.45, 2.75) is 20.0 Å². The summed E-state index contributed by atoms with van der Waals surface area (Å²) in [5.74, 6) is 0.626. The van der Waals surface area contributed by atoms with E-state index in [4.69, 9.17) is 13.8 Å². The minimum absolute atomic E-state index is 0.0768. The van der Waals surface area contributed by atoms with Gasteiger partial charge in [0.05, 0.1) is 26.5 Å². The van der Waals surface area contributed by atoms with Gasteiger partial charge in [-0.15, -0.1) is 0 Å². The van der Waals surface area contributed by atoms with E-state index in [1.54, 1.807) is 69.5 Å². The maximum Gasteiger partial charge on any atom is 0.335 e. The summed E-state index contributed by atoms with van der Waals surface area (Å²) < 4.78 is 28.2. The van der Waals surface area contributed by atoms with Gasteiger partial charge < -0.3 is 13.8 Å². The summed E-state index contributed by atoms with van der Waals surface area (Å²) in [7, 11) is -1.56. The van der Waals surface area contributed by atoms with Crippen LogP contribution >= 0.6 is 7.60 Å². The number of methoxy groups -OCH3 is 1. The number of hydrogen-bond donors (Lipinski definition) is 0. The minimum Gasteiger partial charge on any atom is -0.497 e. The SMILES string of the molecule is CCOP(=O)(Cc1ccc(C(=O)c2ccc(OC)cc2)cc1)OCC. The van der Waals surface area contributed by atoms with Gasteiger partial charge in [0.25, 0.3) is 0 Å². The Hall–Kier alpha value is -1.94. The van der Waals surface area contributed by atoms with E-state index in [2.05, 4.69) is 0 Å². The Morgan fingerprint density at radius 1 is 0.880 bits per heavy atom. The van der Waals surface area contributed by atoms with Crippen LogP contribution < -0.4 is 4.74 Å². The molecule has 0 saturated carbocycles. The molecule has 0 aliphatic rings. The zero-order chi connectivity index (χ0) is 18.3. The molecule has 25 heavy (non-hydrogen) atoms. The van der Waals surface area contributed by atoms with Gasteiger partial charge in [-0.05, 0) is 43.7 Å². The number of carbonyl (C=O) groups excluding carboxylic acids is 1. The fourth-order valence-corrected chi connectivity index (χ4v) is 4.12. The summed E-state index contributed by atoms with van der Waals surface area (Å²) in [6, 6.07) is 14.0. The third-order valence-electron chi connectivity index (χ3n) is 3.60. The normalized spacial score (nSPS) is 11.3. The molecule has 0 unspecified atom stereocenters. The molecule has 0 radical (unpaired) electrons. The molecule has 0 aliphatic carbocycles. The van der Waals surface area contributed by atoms with Crippen molar-refractivity contribution in [3.05, 3.63) is 65.2 Å². The topological polar surface area (TPSA) is 61.8 Å². The van der Waals surface area contributed by atoms with E-state index in [9.17, 15) is 9.36 Å². The van der Waals surface area contributed by atoms with Crippen molar-refractivity contribution in [1.29, 1.82) is 0 Å². The second-order valence-electron chi connectivity index (χ2n) is 5.36. The number of carbonyl (C=O) groups is 1. The molecular weight excluding hydrogens is 339 g/mol. The van der Waals surface area contributed by atoms with Crippen molar-refractivity contribution in [1.82, 2.24) is 0 Å². The lowest BCUT2D eigenvalue weighted by atomic mass is 10.0. The average Bonchev–Trinajstić information content (AvgIpc) is 2.62. The first kappa shape index (κ1) is 19.4. The van der Waals surface area contributed by atoms with Crippen LogP contribution in [0.2, 0.25) is 0 Å². The molecule has 5 nitrogen and oxygen atoms in total. The molecule has 0 saturated heterocycles. The van der Waals surface area contributed by atoms with Crippen LogP contribution in [0.4, 0.5) is 0 Å². The summed E-state index contributed by atoms with van der Waals surface area (Å²) in [4.78, 5) is 12.5. The van der Waals surface area contributed by atoms with Crippen molar-refractivity contribution in [3.8, 4) is 5.75 Å². The predicted molar refractivity (Wildman–Crippen MR) is 97.4 cm³/mol. The Balaban J connectivity index is 2.12. The molecule has 2 aromatic rings. The average molecular weight is 362 g/mol. The van der Waals surface area contributed by atoms with Crippen molar-refractivity contribution in [2.24, 2.45) is 0 Å². The molecular formula is C19H23O5P. The summed E-state index contributed by atoms with van der Waals surface area (Å²) in [5.41, 5.74) is 1.95. The van der Waals surface area contributed by atoms with E-state index in [1.165, 1.54) is 0 Å². The van der Waals surface area contributed by atoms with Crippen molar-refractivity contribution in [3.63, 3.8) is 0 Å². The van der Waals surface area contributed by atoms with Gasteiger partial charge in [-0.2, -0.15) is 0 Å². The van der Waals surface area contributed by atoms with Crippen molar-refractivity contribution in [2.75, 3.05) is 20.3 Å². The highest BCUT2D eigenvalue weighted by atomic mass is 31.2. The van der Waals surface area contributed by atoms with Gasteiger partial charge in [-0.1, -0.05) is 24.3 Å². The van der Waals surface area contributed by atoms with E-state index in [1.807, 2.05) is 0 Å². The molecule has 0 heterocycles.